The van der Waals surface area contributed by atoms with Crippen LogP contribution in [0.1, 0.15) is 27.4 Å². The normalized spacial score (nSPS) is 10.4. The van der Waals surface area contributed by atoms with Crippen LogP contribution < -0.4 is 15.4 Å². The molecule has 2 aromatic carbocycles. The summed E-state index contributed by atoms with van der Waals surface area (Å²) in [7, 11) is 0. The summed E-state index contributed by atoms with van der Waals surface area (Å²) in [6, 6.07) is 18.2. The molecule has 0 bridgehead atoms. The molecule has 6 nitrogen and oxygen atoms in total. The first kappa shape index (κ1) is 19.2. The highest BCUT2D eigenvalue weighted by Gasteiger charge is 2.13. The molecule has 0 aliphatic rings. The minimum atomic E-state index is -0.457. The van der Waals surface area contributed by atoms with Gasteiger partial charge in [0, 0.05) is 5.69 Å². The summed E-state index contributed by atoms with van der Waals surface area (Å²) in [6.45, 7) is 4.04. The number of aryl methyl sites for hydroxylation is 2. The lowest BCUT2D eigenvalue weighted by atomic mass is 10.1. The largest absolute Gasteiger partial charge is 0.486 e. The average Bonchev–Trinajstić information content (AvgIpc) is 3.17. The monoisotopic (exact) mass is 378 g/mol. The molecule has 28 heavy (non-hydrogen) atoms. The lowest BCUT2D eigenvalue weighted by Crippen LogP contribution is -2.32. The molecule has 2 N–H and O–H groups in total. The van der Waals surface area contributed by atoms with E-state index >= 15 is 0 Å². The van der Waals surface area contributed by atoms with Gasteiger partial charge in [-0.15, -0.1) is 0 Å². The predicted molar refractivity (Wildman–Crippen MR) is 106 cm³/mol. The van der Waals surface area contributed by atoms with Crippen molar-refractivity contribution in [3.05, 3.63) is 83.3 Å². The van der Waals surface area contributed by atoms with Crippen LogP contribution in [-0.2, 0) is 11.4 Å². The van der Waals surface area contributed by atoms with Crippen LogP contribution in [0.2, 0.25) is 0 Å². The lowest BCUT2D eigenvalue weighted by Gasteiger charge is -2.08. The van der Waals surface area contributed by atoms with Gasteiger partial charge in [0.2, 0.25) is 5.91 Å². The van der Waals surface area contributed by atoms with Crippen LogP contribution >= 0.6 is 0 Å². The standard InChI is InChI=1S/C22H22N2O4/c1-15-8-9-17(12-16(15)2)24-21(25)13-23-22(26)20-11-10-19(28-20)14-27-18-6-4-3-5-7-18/h3-12H,13-14H2,1-2H3,(H,23,26)(H,24,25). The molecular formula is C22H22N2O4. The fourth-order valence-electron chi connectivity index (χ4n) is 2.52. The van der Waals surface area contributed by atoms with Gasteiger partial charge in [0.25, 0.3) is 5.91 Å². The SMILES string of the molecule is Cc1ccc(NC(=O)CNC(=O)c2ccc(COc3ccccc3)o2)cc1C. The highest BCUT2D eigenvalue weighted by molar-refractivity contribution is 5.98. The van der Waals surface area contributed by atoms with Crippen LogP contribution in [0.4, 0.5) is 5.69 Å². The topological polar surface area (TPSA) is 80.6 Å². The second kappa shape index (κ2) is 8.90. The molecule has 0 unspecified atom stereocenters. The zero-order valence-corrected chi connectivity index (χ0v) is 15.8. The third kappa shape index (κ3) is 5.23. The quantitative estimate of drug-likeness (QED) is 0.654. The van der Waals surface area contributed by atoms with Crippen molar-refractivity contribution in [2.45, 2.75) is 20.5 Å². The Balaban J connectivity index is 1.47. The number of para-hydroxylation sites is 1. The smallest absolute Gasteiger partial charge is 0.287 e. The average molecular weight is 378 g/mol. The molecule has 1 heterocycles. The van der Waals surface area contributed by atoms with Gasteiger partial charge >= 0.3 is 0 Å². The molecule has 0 saturated carbocycles. The van der Waals surface area contributed by atoms with E-state index in [9.17, 15) is 9.59 Å². The molecule has 0 saturated heterocycles. The number of ether oxygens (including phenoxy) is 1. The van der Waals surface area contributed by atoms with Crippen LogP contribution in [-0.4, -0.2) is 18.4 Å². The van der Waals surface area contributed by atoms with E-state index in [4.69, 9.17) is 9.15 Å². The van der Waals surface area contributed by atoms with Gasteiger partial charge in [0.1, 0.15) is 18.1 Å². The van der Waals surface area contributed by atoms with E-state index in [1.165, 1.54) is 0 Å². The number of furan rings is 1. The van der Waals surface area contributed by atoms with E-state index in [0.717, 1.165) is 11.1 Å². The molecule has 0 spiro atoms. The zero-order valence-electron chi connectivity index (χ0n) is 15.8. The fourth-order valence-corrected chi connectivity index (χ4v) is 2.52. The maximum atomic E-state index is 12.2. The van der Waals surface area contributed by atoms with Gasteiger partial charge in [0.05, 0.1) is 6.54 Å². The summed E-state index contributed by atoms with van der Waals surface area (Å²) < 4.78 is 11.1. The van der Waals surface area contributed by atoms with Gasteiger partial charge in [-0.3, -0.25) is 9.59 Å². The number of rotatable bonds is 7. The van der Waals surface area contributed by atoms with Gasteiger partial charge in [-0.05, 0) is 61.4 Å². The number of nitrogens with one attached hydrogen (secondary N) is 2. The Morgan fingerprint density at radius 3 is 2.50 bits per heavy atom. The first-order chi connectivity index (χ1) is 13.5. The van der Waals surface area contributed by atoms with Crippen molar-refractivity contribution in [2.24, 2.45) is 0 Å². The third-order valence-electron chi connectivity index (χ3n) is 4.21. The van der Waals surface area contributed by atoms with E-state index < -0.39 is 5.91 Å². The Bertz CT molecular complexity index is 964. The Labute approximate surface area is 163 Å². The molecule has 0 atom stereocenters. The summed E-state index contributed by atoms with van der Waals surface area (Å²) in [4.78, 5) is 24.2. The Kier molecular flexibility index (Phi) is 6.11. The molecule has 6 heteroatoms. The third-order valence-corrected chi connectivity index (χ3v) is 4.21. The van der Waals surface area contributed by atoms with Crippen molar-refractivity contribution in [2.75, 3.05) is 11.9 Å². The molecule has 0 aliphatic carbocycles. The number of benzene rings is 2. The maximum Gasteiger partial charge on any atom is 0.287 e. The molecule has 0 aliphatic heterocycles. The van der Waals surface area contributed by atoms with Crippen LogP contribution in [0, 0.1) is 13.8 Å². The maximum absolute atomic E-state index is 12.2. The summed E-state index contributed by atoms with van der Waals surface area (Å²) in [5.74, 6) is 0.601. The Morgan fingerprint density at radius 2 is 1.75 bits per heavy atom. The molecule has 0 fully saturated rings. The summed E-state index contributed by atoms with van der Waals surface area (Å²) in [5.41, 5.74) is 2.93. The number of hydrogen-bond donors (Lipinski definition) is 2. The zero-order chi connectivity index (χ0) is 19.9. The molecule has 1 aromatic heterocycles. The van der Waals surface area contributed by atoms with Crippen LogP contribution in [0.25, 0.3) is 0 Å². The number of carbonyl (C=O) groups excluding carboxylic acids is 2. The number of carbonyl (C=O) groups is 2. The Morgan fingerprint density at radius 1 is 0.964 bits per heavy atom. The number of hydrogen-bond acceptors (Lipinski definition) is 4. The molecule has 0 radical (unpaired) electrons. The summed E-state index contributed by atoms with van der Waals surface area (Å²) in [6.07, 6.45) is 0. The molecule has 144 valence electrons. The highest BCUT2D eigenvalue weighted by Crippen LogP contribution is 2.15. The number of amides is 2. The van der Waals surface area contributed by atoms with Crippen LogP contribution in [0.15, 0.2) is 65.1 Å². The lowest BCUT2D eigenvalue weighted by molar-refractivity contribution is -0.115. The van der Waals surface area contributed by atoms with E-state index in [1.54, 1.807) is 12.1 Å². The van der Waals surface area contributed by atoms with Crippen molar-refractivity contribution in [1.29, 1.82) is 0 Å². The highest BCUT2D eigenvalue weighted by atomic mass is 16.5. The first-order valence-corrected chi connectivity index (χ1v) is 8.93. The molecule has 3 aromatic rings. The van der Waals surface area contributed by atoms with Gasteiger partial charge in [-0.1, -0.05) is 24.3 Å². The molecular weight excluding hydrogens is 356 g/mol. The van der Waals surface area contributed by atoms with E-state index in [1.807, 2.05) is 62.4 Å². The summed E-state index contributed by atoms with van der Waals surface area (Å²) in [5, 5.41) is 5.30. The van der Waals surface area contributed by atoms with E-state index in [0.29, 0.717) is 17.2 Å². The molecule has 2 amide bonds. The van der Waals surface area contributed by atoms with Gasteiger partial charge in [-0.2, -0.15) is 0 Å². The van der Waals surface area contributed by atoms with Gasteiger partial charge in [-0.25, -0.2) is 0 Å². The minimum absolute atomic E-state index is 0.130. The van der Waals surface area contributed by atoms with E-state index in [-0.39, 0.29) is 24.8 Å². The Hall–Kier alpha value is -3.54. The van der Waals surface area contributed by atoms with Crippen molar-refractivity contribution in [3.63, 3.8) is 0 Å². The van der Waals surface area contributed by atoms with Gasteiger partial charge < -0.3 is 19.8 Å². The minimum Gasteiger partial charge on any atom is -0.486 e. The fraction of sp³-hybridized carbons (Fsp3) is 0.182. The van der Waals surface area contributed by atoms with Crippen LogP contribution in [0.5, 0.6) is 5.75 Å². The second-order valence-electron chi connectivity index (χ2n) is 6.40. The summed E-state index contributed by atoms with van der Waals surface area (Å²) >= 11 is 0. The number of anilines is 1. The van der Waals surface area contributed by atoms with Crippen molar-refractivity contribution < 1.29 is 18.7 Å². The van der Waals surface area contributed by atoms with Gasteiger partial charge in [0.15, 0.2) is 5.76 Å². The molecule has 3 rings (SSSR count). The van der Waals surface area contributed by atoms with Crippen molar-refractivity contribution in [1.82, 2.24) is 5.32 Å². The van der Waals surface area contributed by atoms with E-state index in [2.05, 4.69) is 10.6 Å². The van der Waals surface area contributed by atoms with Crippen molar-refractivity contribution >= 4 is 17.5 Å². The first-order valence-electron chi connectivity index (χ1n) is 8.93. The second-order valence-corrected chi connectivity index (χ2v) is 6.40. The van der Waals surface area contributed by atoms with Crippen molar-refractivity contribution in [3.8, 4) is 5.75 Å². The van der Waals surface area contributed by atoms with Crippen LogP contribution in [0.3, 0.4) is 0 Å². The predicted octanol–water partition coefficient (Wildman–Crippen LogP) is 3.84.